The minimum atomic E-state index is 0.715. The summed E-state index contributed by atoms with van der Waals surface area (Å²) in [5, 5.41) is 3.62. The fourth-order valence-corrected chi connectivity index (χ4v) is 8.43. The Kier molecular flexibility index (Phi) is 33.3. The van der Waals surface area contributed by atoms with Crippen molar-refractivity contribution in [1.82, 2.24) is 10.2 Å². The Morgan fingerprint density at radius 3 is 1.07 bits per heavy atom. The summed E-state index contributed by atoms with van der Waals surface area (Å²) >= 11 is 0. The van der Waals surface area contributed by atoms with Crippen LogP contribution in [0.4, 0.5) is 0 Å². The second-order valence-corrected chi connectivity index (χ2v) is 20.3. The van der Waals surface area contributed by atoms with E-state index in [2.05, 4.69) is 146 Å². The molecule has 1 N–H and O–H groups in total. The maximum atomic E-state index is 5.76. The molecule has 0 aliphatic heterocycles. The van der Waals surface area contributed by atoms with Crippen molar-refractivity contribution < 1.29 is 18.9 Å². The number of methoxy groups -OCH3 is 4. The second kappa shape index (κ2) is 37.9. The van der Waals surface area contributed by atoms with Crippen LogP contribution in [0.5, 0.6) is 23.0 Å². The molecule has 0 aromatic heterocycles. The van der Waals surface area contributed by atoms with Crippen LogP contribution in [0.2, 0.25) is 0 Å². The van der Waals surface area contributed by atoms with Gasteiger partial charge in [-0.1, -0.05) is 117 Å². The van der Waals surface area contributed by atoms with Crippen LogP contribution in [0, 0.1) is 0 Å². The molecule has 394 valence electrons. The Hall–Kier alpha value is -4.78. The molecule has 6 nitrogen and oxygen atoms in total. The zero-order chi connectivity index (χ0) is 52.2. The summed E-state index contributed by atoms with van der Waals surface area (Å²) in [6, 6.07) is 12.1. The standard InChI is InChI=1S/C65H100N2O4/c1-51(2)23-15-24-52(3)25-16-26-53(4)27-17-28-54(5)29-18-30-55(6)31-19-32-56(7)33-20-34-57(8)35-21-36-58(9)37-22-38-59(10)43-45-67(50-61-40-42-63(69-12)48-65(61)71-14)46-44-66-49-60-39-41-62(68-11)47-64(60)70-13/h23,25,27,29,31,33,35,37,39-43,47-48,66H,15-22,24,26,28,30,32,34,36,38,44-46,49-50H2,1-14H3/b52-25+,53-27+,54-29+,55-31+,56-33+,57-35+,58-37+,59-43+. The van der Waals surface area contributed by atoms with Gasteiger partial charge in [-0.2, -0.15) is 0 Å². The minimum Gasteiger partial charge on any atom is -0.497 e. The highest BCUT2D eigenvalue weighted by atomic mass is 16.5. The average Bonchev–Trinajstić information content (AvgIpc) is 3.34. The molecule has 0 saturated heterocycles. The molecule has 71 heavy (non-hydrogen) atoms. The lowest BCUT2D eigenvalue weighted by Crippen LogP contribution is -2.32. The number of nitrogens with zero attached hydrogens (tertiary/aromatic N) is 1. The molecular formula is C65H100N2O4. The molecule has 2 aromatic rings. The van der Waals surface area contributed by atoms with Crippen LogP contribution >= 0.6 is 0 Å². The van der Waals surface area contributed by atoms with Gasteiger partial charge in [-0.3, -0.25) is 4.90 Å². The van der Waals surface area contributed by atoms with Crippen molar-refractivity contribution in [1.29, 1.82) is 0 Å². The monoisotopic (exact) mass is 973 g/mol. The molecule has 2 aromatic carbocycles. The van der Waals surface area contributed by atoms with Crippen molar-refractivity contribution in [3.8, 4) is 23.0 Å². The molecule has 0 atom stereocenters. The first-order valence-electron chi connectivity index (χ1n) is 26.9. The summed E-state index contributed by atoms with van der Waals surface area (Å²) in [5.41, 5.74) is 15.7. The van der Waals surface area contributed by atoms with Gasteiger partial charge >= 0.3 is 0 Å². The van der Waals surface area contributed by atoms with Gasteiger partial charge in [-0.15, -0.1) is 0 Å². The first-order chi connectivity index (χ1) is 34.1. The summed E-state index contributed by atoms with van der Waals surface area (Å²) in [6.07, 6.45) is 40.1. The van der Waals surface area contributed by atoms with E-state index in [9.17, 15) is 0 Å². The van der Waals surface area contributed by atoms with Gasteiger partial charge in [-0.25, -0.2) is 0 Å². The second-order valence-electron chi connectivity index (χ2n) is 20.3. The Bertz CT molecular complexity index is 2120. The van der Waals surface area contributed by atoms with Gasteiger partial charge in [0.1, 0.15) is 23.0 Å². The molecule has 0 saturated carbocycles. The molecule has 0 aliphatic carbocycles. The van der Waals surface area contributed by atoms with E-state index in [1.54, 1.807) is 28.4 Å². The molecule has 0 fully saturated rings. The summed E-state index contributed by atoms with van der Waals surface area (Å²) in [4.78, 5) is 2.47. The van der Waals surface area contributed by atoms with Gasteiger partial charge in [0, 0.05) is 56.0 Å². The molecule has 0 bridgehead atoms. The van der Waals surface area contributed by atoms with Crippen LogP contribution in [-0.4, -0.2) is 53.0 Å². The number of ether oxygens (including phenoxy) is 4. The Labute approximate surface area is 435 Å². The van der Waals surface area contributed by atoms with Crippen molar-refractivity contribution in [2.24, 2.45) is 0 Å². The summed E-state index contributed by atoms with van der Waals surface area (Å²) in [6.45, 7) is 26.8. The number of hydrogen-bond acceptors (Lipinski definition) is 6. The van der Waals surface area contributed by atoms with Gasteiger partial charge in [-0.05, 0) is 184 Å². The van der Waals surface area contributed by atoms with Crippen LogP contribution in [-0.2, 0) is 13.1 Å². The normalized spacial score (nSPS) is 13.6. The van der Waals surface area contributed by atoms with E-state index in [0.717, 1.165) is 144 Å². The van der Waals surface area contributed by atoms with Crippen LogP contribution in [0.3, 0.4) is 0 Å². The van der Waals surface area contributed by atoms with Gasteiger partial charge in [0.25, 0.3) is 0 Å². The SMILES string of the molecule is COc1ccc(CNCCN(C/C=C(\C)CC/C=C(\C)CC/C=C(\C)CC/C=C(\C)CC/C=C(\C)CC/C=C(\C)CC/C=C(\C)CC/C=C(\C)CCC=C(C)C)Cc2ccc(OC)cc2OC)c(OC)c1. The molecule has 0 unspecified atom stereocenters. The quantitative estimate of drug-likeness (QED) is 0.0538. The smallest absolute Gasteiger partial charge is 0.127 e. The van der Waals surface area contributed by atoms with Crippen molar-refractivity contribution >= 4 is 0 Å². The maximum absolute atomic E-state index is 5.76. The van der Waals surface area contributed by atoms with Crippen LogP contribution < -0.4 is 24.3 Å². The highest BCUT2D eigenvalue weighted by Crippen LogP contribution is 2.27. The number of allylic oxidation sites excluding steroid dienone is 17. The molecule has 2 rings (SSSR count). The summed E-state index contributed by atoms with van der Waals surface area (Å²) < 4.78 is 22.2. The third-order valence-corrected chi connectivity index (χ3v) is 13.3. The lowest BCUT2D eigenvalue weighted by molar-refractivity contribution is 0.285. The fourth-order valence-electron chi connectivity index (χ4n) is 8.43. The highest BCUT2D eigenvalue weighted by Gasteiger charge is 2.12. The number of benzene rings is 2. The Morgan fingerprint density at radius 2 is 0.732 bits per heavy atom. The van der Waals surface area contributed by atoms with E-state index in [1.807, 2.05) is 24.3 Å². The largest absolute Gasteiger partial charge is 0.497 e. The van der Waals surface area contributed by atoms with Crippen molar-refractivity contribution in [2.75, 3.05) is 48.1 Å². The van der Waals surface area contributed by atoms with E-state index in [4.69, 9.17) is 18.9 Å². The molecule has 0 spiro atoms. The Morgan fingerprint density at radius 1 is 0.408 bits per heavy atom. The molecule has 0 heterocycles. The van der Waals surface area contributed by atoms with Crippen LogP contribution in [0.1, 0.15) is 183 Å². The van der Waals surface area contributed by atoms with Gasteiger partial charge in [0.2, 0.25) is 0 Å². The molecule has 6 heteroatoms. The van der Waals surface area contributed by atoms with E-state index >= 15 is 0 Å². The number of hydrogen-bond donors (Lipinski definition) is 1. The van der Waals surface area contributed by atoms with Crippen molar-refractivity contribution in [3.63, 3.8) is 0 Å². The van der Waals surface area contributed by atoms with Crippen LogP contribution in [0.15, 0.2) is 141 Å². The minimum absolute atomic E-state index is 0.715. The van der Waals surface area contributed by atoms with E-state index in [-0.39, 0.29) is 0 Å². The lowest BCUT2D eigenvalue weighted by atomic mass is 10.0. The third-order valence-electron chi connectivity index (χ3n) is 13.3. The van der Waals surface area contributed by atoms with Crippen LogP contribution in [0.25, 0.3) is 0 Å². The first-order valence-corrected chi connectivity index (χ1v) is 26.9. The number of nitrogens with one attached hydrogen (secondary N) is 1. The number of rotatable bonds is 37. The topological polar surface area (TPSA) is 52.2 Å². The lowest BCUT2D eigenvalue weighted by Gasteiger charge is -2.23. The van der Waals surface area contributed by atoms with Gasteiger partial charge in [0.05, 0.1) is 28.4 Å². The van der Waals surface area contributed by atoms with E-state index < -0.39 is 0 Å². The molecule has 0 amide bonds. The molecule has 0 aliphatic rings. The first kappa shape index (κ1) is 62.3. The fraction of sp³-hybridized carbons (Fsp3) is 0.538. The predicted octanol–water partition coefficient (Wildman–Crippen LogP) is 18.1. The predicted molar refractivity (Wildman–Crippen MR) is 309 cm³/mol. The zero-order valence-corrected chi connectivity index (χ0v) is 47.6. The average molecular weight is 974 g/mol. The zero-order valence-electron chi connectivity index (χ0n) is 47.6. The third kappa shape index (κ3) is 30.0. The highest BCUT2D eigenvalue weighted by molar-refractivity contribution is 5.41. The molecular weight excluding hydrogens is 873 g/mol. The summed E-state index contributed by atoms with van der Waals surface area (Å²) in [7, 11) is 6.79. The summed E-state index contributed by atoms with van der Waals surface area (Å²) in [5.74, 6) is 3.26. The van der Waals surface area contributed by atoms with Crippen molar-refractivity contribution in [2.45, 2.75) is 185 Å². The van der Waals surface area contributed by atoms with E-state index in [1.165, 1.54) is 69.4 Å². The van der Waals surface area contributed by atoms with Gasteiger partial charge in [0.15, 0.2) is 0 Å². The van der Waals surface area contributed by atoms with Gasteiger partial charge < -0.3 is 24.3 Å². The Balaban J connectivity index is 1.73. The van der Waals surface area contributed by atoms with Crippen molar-refractivity contribution in [3.05, 3.63) is 152 Å². The van der Waals surface area contributed by atoms with E-state index in [0.29, 0.717) is 6.54 Å². The molecule has 0 radical (unpaired) electrons. The maximum Gasteiger partial charge on any atom is 0.127 e.